The molecule has 0 fully saturated rings. The van der Waals surface area contributed by atoms with Gasteiger partial charge in [0.1, 0.15) is 0 Å². The molecule has 18 heavy (non-hydrogen) atoms. The molecule has 1 aromatic carbocycles. The molecule has 1 aromatic heterocycles. The largest absolute Gasteiger partial charge is 0.493 e. The Hall–Kier alpha value is -2.04. The molecule has 0 aliphatic rings. The van der Waals surface area contributed by atoms with Gasteiger partial charge in [-0.3, -0.25) is 0 Å². The lowest BCUT2D eigenvalue weighted by Crippen LogP contribution is -1.91. The van der Waals surface area contributed by atoms with Gasteiger partial charge in [-0.15, -0.1) is 0 Å². The van der Waals surface area contributed by atoms with Gasteiger partial charge in [0.15, 0.2) is 11.5 Å². The Balaban J connectivity index is 2.38. The fraction of sp³-hybridized carbons (Fsp3) is 0.385. The molecule has 0 amide bonds. The molecule has 2 rings (SSSR count). The lowest BCUT2D eigenvalue weighted by atomic mass is 10.2. The van der Waals surface area contributed by atoms with E-state index >= 15 is 0 Å². The number of aromatic nitrogens is 2. The predicted molar refractivity (Wildman–Crippen MR) is 66.9 cm³/mol. The Morgan fingerprint density at radius 3 is 2.39 bits per heavy atom. The topological polar surface area (TPSA) is 57.4 Å². The van der Waals surface area contributed by atoms with E-state index in [0.29, 0.717) is 23.2 Å². The maximum atomic E-state index is 5.24. The Morgan fingerprint density at radius 2 is 1.83 bits per heavy atom. The Morgan fingerprint density at radius 1 is 1.11 bits per heavy atom. The van der Waals surface area contributed by atoms with Crippen LogP contribution in [0.5, 0.6) is 11.5 Å². The summed E-state index contributed by atoms with van der Waals surface area (Å²) >= 11 is 0. The molecule has 1 heterocycles. The summed E-state index contributed by atoms with van der Waals surface area (Å²) in [7, 11) is 3.19. The second kappa shape index (κ2) is 5.08. The summed E-state index contributed by atoms with van der Waals surface area (Å²) in [5.41, 5.74) is 0.836. The third-order valence-electron chi connectivity index (χ3n) is 2.58. The first-order valence-corrected chi connectivity index (χ1v) is 5.71. The van der Waals surface area contributed by atoms with Crippen molar-refractivity contribution in [1.29, 1.82) is 0 Å². The van der Waals surface area contributed by atoms with Gasteiger partial charge in [0.25, 0.3) is 0 Å². The number of hydrogen-bond acceptors (Lipinski definition) is 5. The van der Waals surface area contributed by atoms with Crippen molar-refractivity contribution in [1.82, 2.24) is 10.1 Å². The minimum Gasteiger partial charge on any atom is -0.493 e. The molecule has 0 spiro atoms. The van der Waals surface area contributed by atoms with Crippen LogP contribution in [-0.2, 0) is 0 Å². The second-order valence-corrected chi connectivity index (χ2v) is 4.18. The Kier molecular flexibility index (Phi) is 3.50. The van der Waals surface area contributed by atoms with E-state index in [1.807, 2.05) is 32.0 Å². The molecule has 0 saturated carbocycles. The highest BCUT2D eigenvalue weighted by atomic mass is 16.5. The zero-order chi connectivity index (χ0) is 13.1. The normalized spacial score (nSPS) is 10.7. The first kappa shape index (κ1) is 12.4. The minimum absolute atomic E-state index is 0.214. The standard InChI is InChI=1S/C13H16N2O3/c1-8(2)13-14-12(15-18-13)9-5-6-10(16-3)11(7-9)17-4/h5-8H,1-4H3. The monoisotopic (exact) mass is 248 g/mol. The molecule has 2 aromatic rings. The van der Waals surface area contributed by atoms with Gasteiger partial charge >= 0.3 is 0 Å². The third kappa shape index (κ3) is 2.30. The number of hydrogen-bond donors (Lipinski definition) is 0. The molecule has 5 heteroatoms. The zero-order valence-corrected chi connectivity index (χ0v) is 10.9. The van der Waals surface area contributed by atoms with Crippen LogP contribution in [0.25, 0.3) is 11.4 Å². The van der Waals surface area contributed by atoms with E-state index < -0.39 is 0 Å². The van der Waals surface area contributed by atoms with Gasteiger partial charge in [0, 0.05) is 11.5 Å². The molecule has 0 atom stereocenters. The van der Waals surface area contributed by atoms with E-state index in [2.05, 4.69) is 10.1 Å². The van der Waals surface area contributed by atoms with Crippen LogP contribution in [0.2, 0.25) is 0 Å². The predicted octanol–water partition coefficient (Wildman–Crippen LogP) is 2.88. The van der Waals surface area contributed by atoms with Gasteiger partial charge in [-0.2, -0.15) is 4.98 Å². The molecule has 0 bridgehead atoms. The van der Waals surface area contributed by atoms with Crippen molar-refractivity contribution < 1.29 is 14.0 Å². The minimum atomic E-state index is 0.214. The summed E-state index contributed by atoms with van der Waals surface area (Å²) in [4.78, 5) is 4.34. The molecule has 5 nitrogen and oxygen atoms in total. The Bertz CT molecular complexity index is 535. The smallest absolute Gasteiger partial charge is 0.229 e. The first-order valence-electron chi connectivity index (χ1n) is 5.71. The number of ether oxygens (including phenoxy) is 2. The summed E-state index contributed by atoms with van der Waals surface area (Å²) in [5.74, 6) is 2.71. The van der Waals surface area contributed by atoms with Crippen molar-refractivity contribution in [2.24, 2.45) is 0 Å². The van der Waals surface area contributed by atoms with Gasteiger partial charge in [-0.1, -0.05) is 19.0 Å². The quantitative estimate of drug-likeness (QED) is 0.832. The van der Waals surface area contributed by atoms with Crippen molar-refractivity contribution in [3.8, 4) is 22.9 Å². The highest BCUT2D eigenvalue weighted by Gasteiger charge is 2.13. The van der Waals surface area contributed by atoms with E-state index in [9.17, 15) is 0 Å². The van der Waals surface area contributed by atoms with E-state index in [-0.39, 0.29) is 5.92 Å². The average molecular weight is 248 g/mol. The van der Waals surface area contributed by atoms with Crippen LogP contribution in [0.3, 0.4) is 0 Å². The molecule has 0 N–H and O–H groups in total. The maximum Gasteiger partial charge on any atom is 0.229 e. The van der Waals surface area contributed by atoms with Gasteiger partial charge in [-0.25, -0.2) is 0 Å². The molecule has 0 aliphatic heterocycles. The molecule has 0 aliphatic carbocycles. The average Bonchev–Trinajstić information content (AvgIpc) is 2.87. The van der Waals surface area contributed by atoms with Crippen molar-refractivity contribution >= 4 is 0 Å². The second-order valence-electron chi connectivity index (χ2n) is 4.18. The van der Waals surface area contributed by atoms with E-state index in [1.54, 1.807) is 14.2 Å². The molecule has 0 radical (unpaired) electrons. The zero-order valence-electron chi connectivity index (χ0n) is 10.9. The van der Waals surface area contributed by atoms with E-state index in [1.165, 1.54) is 0 Å². The first-order chi connectivity index (χ1) is 8.65. The van der Waals surface area contributed by atoms with Gasteiger partial charge < -0.3 is 14.0 Å². The lowest BCUT2D eigenvalue weighted by molar-refractivity contribution is 0.355. The van der Waals surface area contributed by atoms with Crippen LogP contribution >= 0.6 is 0 Å². The summed E-state index contributed by atoms with van der Waals surface area (Å²) in [6.45, 7) is 4.01. The maximum absolute atomic E-state index is 5.24. The number of nitrogens with zero attached hydrogens (tertiary/aromatic N) is 2. The molecular formula is C13H16N2O3. The fourth-order valence-corrected chi connectivity index (χ4v) is 1.56. The molecule has 0 unspecified atom stereocenters. The highest BCUT2D eigenvalue weighted by Crippen LogP contribution is 2.31. The van der Waals surface area contributed by atoms with Crippen LogP contribution < -0.4 is 9.47 Å². The number of rotatable bonds is 4. The van der Waals surface area contributed by atoms with Gasteiger partial charge in [0.2, 0.25) is 11.7 Å². The summed E-state index contributed by atoms with van der Waals surface area (Å²) < 4.78 is 15.6. The van der Waals surface area contributed by atoms with Crippen LogP contribution in [0.15, 0.2) is 22.7 Å². The van der Waals surface area contributed by atoms with Crippen molar-refractivity contribution in [3.05, 3.63) is 24.1 Å². The van der Waals surface area contributed by atoms with Crippen LogP contribution in [0.4, 0.5) is 0 Å². The molecule has 0 saturated heterocycles. The summed E-state index contributed by atoms with van der Waals surface area (Å²) in [5, 5.41) is 3.96. The SMILES string of the molecule is COc1ccc(-c2noc(C(C)C)n2)cc1OC. The molecule has 96 valence electrons. The summed E-state index contributed by atoms with van der Waals surface area (Å²) in [6, 6.07) is 5.52. The Labute approximate surface area is 106 Å². The van der Waals surface area contributed by atoms with E-state index in [0.717, 1.165) is 5.56 Å². The van der Waals surface area contributed by atoms with Crippen molar-refractivity contribution in [2.45, 2.75) is 19.8 Å². The van der Waals surface area contributed by atoms with Crippen LogP contribution in [0, 0.1) is 0 Å². The fourth-order valence-electron chi connectivity index (χ4n) is 1.56. The number of benzene rings is 1. The van der Waals surface area contributed by atoms with Gasteiger partial charge in [-0.05, 0) is 18.2 Å². The summed E-state index contributed by atoms with van der Waals surface area (Å²) in [6.07, 6.45) is 0. The third-order valence-corrected chi connectivity index (χ3v) is 2.58. The highest BCUT2D eigenvalue weighted by molar-refractivity contribution is 5.60. The van der Waals surface area contributed by atoms with Gasteiger partial charge in [0.05, 0.1) is 14.2 Å². The number of methoxy groups -OCH3 is 2. The lowest BCUT2D eigenvalue weighted by Gasteiger charge is -2.07. The van der Waals surface area contributed by atoms with Crippen LogP contribution in [-0.4, -0.2) is 24.4 Å². The van der Waals surface area contributed by atoms with Crippen molar-refractivity contribution in [2.75, 3.05) is 14.2 Å². The van der Waals surface area contributed by atoms with Crippen LogP contribution in [0.1, 0.15) is 25.7 Å². The van der Waals surface area contributed by atoms with E-state index in [4.69, 9.17) is 14.0 Å². The van der Waals surface area contributed by atoms with Crippen molar-refractivity contribution in [3.63, 3.8) is 0 Å². The molecular weight excluding hydrogens is 232 g/mol.